The SMILES string of the molecule is COc1cc2ccccc2c(C=O)c1O.O=Cc1c(O)ccc2ccccc12.O=Cc1cc2ccccc2cc1O.O=Cc1ccc2ccccc2c1O. The molecule has 0 fully saturated rings. The van der Waals surface area contributed by atoms with Crippen molar-refractivity contribution in [1.82, 2.24) is 0 Å². The van der Waals surface area contributed by atoms with Gasteiger partial charge in [-0.3, -0.25) is 19.2 Å². The first-order chi connectivity index (χ1) is 26.2. The molecule has 8 aromatic carbocycles. The minimum Gasteiger partial charge on any atom is -0.507 e. The molecule has 8 aromatic rings. The molecule has 54 heavy (non-hydrogen) atoms. The minimum atomic E-state index is -0.105. The van der Waals surface area contributed by atoms with Crippen LogP contribution in [-0.4, -0.2) is 52.7 Å². The van der Waals surface area contributed by atoms with Crippen molar-refractivity contribution in [2.75, 3.05) is 7.11 Å². The molecule has 9 heteroatoms. The van der Waals surface area contributed by atoms with E-state index in [1.54, 1.807) is 42.5 Å². The third-order valence-electron chi connectivity index (χ3n) is 8.51. The molecule has 4 N–H and O–H groups in total. The molecule has 0 amide bonds. The van der Waals surface area contributed by atoms with Crippen LogP contribution in [0.2, 0.25) is 0 Å². The Kier molecular flexibility index (Phi) is 12.3. The molecule has 0 heterocycles. The van der Waals surface area contributed by atoms with Crippen molar-refractivity contribution >= 4 is 68.2 Å². The standard InChI is InChI=1S/C12H10O3.3C11H8O2/c1-15-11-6-8-4-2-3-5-9(8)10(7-13)12(11)14;12-7-10-5-8-3-1-2-4-9(8)6-11(10)13;12-7-9-6-5-8-3-1-2-4-10(8)11(9)13;12-7-10-9-4-2-1-3-8(9)5-6-11(10)13/h2-7,14H,1H3;3*1-7,13H. The summed E-state index contributed by atoms with van der Waals surface area (Å²) in [4.78, 5) is 42.6. The Morgan fingerprint density at radius 3 is 1.46 bits per heavy atom. The third-order valence-corrected chi connectivity index (χ3v) is 8.51. The highest BCUT2D eigenvalue weighted by molar-refractivity contribution is 6.03. The van der Waals surface area contributed by atoms with Crippen LogP contribution in [0.15, 0.2) is 140 Å². The zero-order chi connectivity index (χ0) is 38.6. The highest BCUT2D eigenvalue weighted by Gasteiger charge is 2.12. The molecule has 0 spiro atoms. The number of aldehydes is 4. The fraction of sp³-hybridized carbons (Fsp3) is 0.0222. The number of ether oxygens (including phenoxy) is 1. The van der Waals surface area contributed by atoms with Gasteiger partial charge in [-0.05, 0) is 68.0 Å². The topological polar surface area (TPSA) is 158 Å². The minimum absolute atomic E-state index is 0.0358. The maximum Gasteiger partial charge on any atom is 0.169 e. The van der Waals surface area contributed by atoms with Gasteiger partial charge in [-0.1, -0.05) is 109 Å². The number of carbonyl (C=O) groups excluding carboxylic acids is 4. The Hall–Kier alpha value is -7.52. The van der Waals surface area contributed by atoms with Gasteiger partial charge in [0.05, 0.1) is 29.4 Å². The molecule has 0 aliphatic heterocycles. The summed E-state index contributed by atoms with van der Waals surface area (Å²) < 4.78 is 4.99. The lowest BCUT2D eigenvalue weighted by atomic mass is 10.0. The summed E-state index contributed by atoms with van der Waals surface area (Å²) >= 11 is 0. The van der Waals surface area contributed by atoms with Gasteiger partial charge in [-0.15, -0.1) is 0 Å². The van der Waals surface area contributed by atoms with E-state index in [0.717, 1.165) is 37.7 Å². The van der Waals surface area contributed by atoms with Gasteiger partial charge in [0, 0.05) is 5.39 Å². The maximum atomic E-state index is 10.9. The van der Waals surface area contributed by atoms with Gasteiger partial charge in [0.1, 0.15) is 17.2 Å². The van der Waals surface area contributed by atoms with Crippen LogP contribution >= 0.6 is 0 Å². The third kappa shape index (κ3) is 8.33. The Labute approximate surface area is 309 Å². The van der Waals surface area contributed by atoms with Crippen molar-refractivity contribution in [3.63, 3.8) is 0 Å². The Bertz CT molecular complexity index is 2610. The van der Waals surface area contributed by atoms with Crippen molar-refractivity contribution in [1.29, 1.82) is 0 Å². The van der Waals surface area contributed by atoms with E-state index in [1.165, 1.54) is 13.2 Å². The molecule has 8 rings (SSSR count). The Morgan fingerprint density at radius 2 is 0.889 bits per heavy atom. The quantitative estimate of drug-likeness (QED) is 0.127. The van der Waals surface area contributed by atoms with Gasteiger partial charge < -0.3 is 25.2 Å². The highest BCUT2D eigenvalue weighted by atomic mass is 16.5. The molecule has 0 radical (unpaired) electrons. The summed E-state index contributed by atoms with van der Waals surface area (Å²) in [6.07, 6.45) is 2.63. The summed E-state index contributed by atoms with van der Waals surface area (Å²) in [6.45, 7) is 0. The largest absolute Gasteiger partial charge is 0.507 e. The van der Waals surface area contributed by atoms with E-state index in [4.69, 9.17) is 4.74 Å². The number of phenolic OH excluding ortho intramolecular Hbond substituents is 4. The van der Waals surface area contributed by atoms with E-state index >= 15 is 0 Å². The van der Waals surface area contributed by atoms with Crippen LogP contribution in [0.4, 0.5) is 0 Å². The summed E-state index contributed by atoms with van der Waals surface area (Å²) in [5.74, 6) is 0.345. The van der Waals surface area contributed by atoms with Crippen LogP contribution in [0.5, 0.6) is 28.7 Å². The lowest BCUT2D eigenvalue weighted by molar-refractivity contribution is 0.111. The fourth-order valence-corrected chi connectivity index (χ4v) is 5.73. The first-order valence-electron chi connectivity index (χ1n) is 16.5. The van der Waals surface area contributed by atoms with Gasteiger partial charge in [0.15, 0.2) is 36.6 Å². The summed E-state index contributed by atoms with van der Waals surface area (Å²) in [7, 11) is 1.46. The molecule has 0 aromatic heterocycles. The molecule has 0 saturated carbocycles. The molecule has 0 atom stereocenters. The molecular formula is C45H34O9. The van der Waals surface area contributed by atoms with Crippen molar-refractivity contribution in [2.45, 2.75) is 0 Å². The maximum absolute atomic E-state index is 10.9. The van der Waals surface area contributed by atoms with Gasteiger partial charge in [-0.25, -0.2) is 0 Å². The smallest absolute Gasteiger partial charge is 0.169 e. The highest BCUT2D eigenvalue weighted by Crippen LogP contribution is 2.35. The number of aromatic hydroxyl groups is 4. The van der Waals surface area contributed by atoms with Crippen LogP contribution in [-0.2, 0) is 0 Å². The molecule has 0 aliphatic carbocycles. The lowest BCUT2D eigenvalue weighted by Crippen LogP contribution is -1.90. The zero-order valence-corrected chi connectivity index (χ0v) is 28.9. The second-order valence-electron chi connectivity index (χ2n) is 11.7. The summed E-state index contributed by atoms with van der Waals surface area (Å²) in [5.41, 5.74) is 1.29. The fourth-order valence-electron chi connectivity index (χ4n) is 5.73. The van der Waals surface area contributed by atoms with Crippen LogP contribution < -0.4 is 4.74 Å². The van der Waals surface area contributed by atoms with E-state index < -0.39 is 0 Å². The predicted molar refractivity (Wildman–Crippen MR) is 211 cm³/mol. The van der Waals surface area contributed by atoms with Crippen molar-refractivity contribution < 1.29 is 44.3 Å². The van der Waals surface area contributed by atoms with Crippen LogP contribution in [0, 0.1) is 0 Å². The van der Waals surface area contributed by atoms with E-state index in [0.29, 0.717) is 53.0 Å². The average Bonchev–Trinajstić information content (AvgIpc) is 3.21. The van der Waals surface area contributed by atoms with Crippen molar-refractivity contribution in [3.05, 3.63) is 162 Å². The second kappa shape index (κ2) is 17.6. The van der Waals surface area contributed by atoms with E-state index in [9.17, 15) is 39.6 Å². The molecule has 9 nitrogen and oxygen atoms in total. The first-order valence-corrected chi connectivity index (χ1v) is 16.5. The molecular weight excluding hydrogens is 684 g/mol. The Morgan fingerprint density at radius 1 is 0.407 bits per heavy atom. The Balaban J connectivity index is 0.000000139. The van der Waals surface area contributed by atoms with E-state index in [2.05, 4.69) is 0 Å². The molecule has 268 valence electrons. The molecule has 0 aliphatic rings. The summed E-state index contributed by atoms with van der Waals surface area (Å²) in [6, 6.07) is 41.5. The number of fused-ring (bicyclic) bond motifs is 4. The number of hydrogen-bond donors (Lipinski definition) is 4. The lowest BCUT2D eigenvalue weighted by Gasteiger charge is -2.08. The van der Waals surface area contributed by atoms with Crippen LogP contribution in [0.25, 0.3) is 43.1 Å². The second-order valence-corrected chi connectivity index (χ2v) is 11.7. The number of carbonyl (C=O) groups is 4. The molecule has 0 bridgehead atoms. The number of methoxy groups -OCH3 is 1. The van der Waals surface area contributed by atoms with Gasteiger partial charge in [0.25, 0.3) is 0 Å². The zero-order valence-electron chi connectivity index (χ0n) is 28.9. The normalized spacial score (nSPS) is 10.2. The van der Waals surface area contributed by atoms with Crippen LogP contribution in [0.1, 0.15) is 41.4 Å². The number of benzene rings is 8. The number of phenols is 4. The van der Waals surface area contributed by atoms with Crippen molar-refractivity contribution in [2.24, 2.45) is 0 Å². The number of rotatable bonds is 5. The van der Waals surface area contributed by atoms with Gasteiger partial charge >= 0.3 is 0 Å². The van der Waals surface area contributed by atoms with Gasteiger partial charge in [-0.2, -0.15) is 0 Å². The number of hydrogen-bond acceptors (Lipinski definition) is 9. The first kappa shape index (κ1) is 37.7. The van der Waals surface area contributed by atoms with Crippen molar-refractivity contribution in [3.8, 4) is 28.7 Å². The molecule has 0 unspecified atom stereocenters. The van der Waals surface area contributed by atoms with Crippen LogP contribution in [0.3, 0.4) is 0 Å². The predicted octanol–water partition coefficient (Wildman–Crippen LogP) is 9.44. The summed E-state index contributed by atoms with van der Waals surface area (Å²) in [5, 5.41) is 45.0. The van der Waals surface area contributed by atoms with E-state index in [1.807, 2.05) is 91.0 Å². The molecule has 0 saturated heterocycles. The van der Waals surface area contributed by atoms with E-state index in [-0.39, 0.29) is 28.6 Å². The monoisotopic (exact) mass is 718 g/mol. The van der Waals surface area contributed by atoms with Gasteiger partial charge in [0.2, 0.25) is 0 Å². The average molecular weight is 719 g/mol.